The molecule has 1 heterocycles. The molecule has 32 heavy (non-hydrogen) atoms. The summed E-state index contributed by atoms with van der Waals surface area (Å²) in [7, 11) is 0. The number of aromatic nitrogens is 3. The number of carbonyl (C=O) groups is 1. The Balaban J connectivity index is 1.48. The standard InChI is InChI=1S/C24H23N5O2S/c1-17-6-5-9-21(14-17)31-15-22-27-28-24(29(22)20-7-3-2-4-8-20)32-16-23(30)26-19-12-10-18(25)11-13-19/h2-14H,15-16,25H2,1H3,(H,26,30). The van der Waals surface area contributed by atoms with E-state index in [1.165, 1.54) is 11.8 Å². The van der Waals surface area contributed by atoms with E-state index in [-0.39, 0.29) is 18.3 Å². The second-order valence-corrected chi connectivity index (χ2v) is 8.08. The number of hydrogen-bond acceptors (Lipinski definition) is 6. The smallest absolute Gasteiger partial charge is 0.234 e. The van der Waals surface area contributed by atoms with E-state index in [4.69, 9.17) is 10.5 Å². The molecule has 0 aliphatic heterocycles. The molecule has 0 radical (unpaired) electrons. The average molecular weight is 446 g/mol. The van der Waals surface area contributed by atoms with E-state index in [1.54, 1.807) is 24.3 Å². The third kappa shape index (κ3) is 5.47. The maximum Gasteiger partial charge on any atom is 0.234 e. The van der Waals surface area contributed by atoms with Crippen molar-refractivity contribution in [2.24, 2.45) is 0 Å². The highest BCUT2D eigenvalue weighted by molar-refractivity contribution is 7.99. The summed E-state index contributed by atoms with van der Waals surface area (Å²) in [6.45, 7) is 2.27. The number of rotatable bonds is 8. The van der Waals surface area contributed by atoms with Crippen molar-refractivity contribution in [2.75, 3.05) is 16.8 Å². The Morgan fingerprint density at radius 1 is 1.03 bits per heavy atom. The molecule has 0 fully saturated rings. The van der Waals surface area contributed by atoms with Gasteiger partial charge < -0.3 is 15.8 Å². The lowest BCUT2D eigenvalue weighted by Gasteiger charge is -2.11. The molecule has 4 rings (SSSR count). The monoisotopic (exact) mass is 445 g/mol. The molecule has 3 aromatic carbocycles. The van der Waals surface area contributed by atoms with Gasteiger partial charge >= 0.3 is 0 Å². The van der Waals surface area contributed by atoms with E-state index in [0.717, 1.165) is 17.0 Å². The van der Waals surface area contributed by atoms with Crippen molar-refractivity contribution < 1.29 is 9.53 Å². The first-order valence-corrected chi connectivity index (χ1v) is 11.0. The number of anilines is 2. The summed E-state index contributed by atoms with van der Waals surface area (Å²) in [6.07, 6.45) is 0. The van der Waals surface area contributed by atoms with Crippen LogP contribution < -0.4 is 15.8 Å². The quantitative estimate of drug-likeness (QED) is 0.307. The fourth-order valence-corrected chi connectivity index (χ4v) is 3.84. The van der Waals surface area contributed by atoms with Gasteiger partial charge in [-0.3, -0.25) is 9.36 Å². The van der Waals surface area contributed by atoms with E-state index in [2.05, 4.69) is 15.5 Å². The molecule has 0 spiro atoms. The van der Waals surface area contributed by atoms with Crippen LogP contribution in [0.3, 0.4) is 0 Å². The molecule has 4 aromatic rings. The molecular weight excluding hydrogens is 422 g/mol. The van der Waals surface area contributed by atoms with E-state index >= 15 is 0 Å². The molecule has 3 N–H and O–H groups in total. The van der Waals surface area contributed by atoms with Gasteiger partial charge in [0.2, 0.25) is 5.91 Å². The van der Waals surface area contributed by atoms with E-state index in [1.807, 2.05) is 66.1 Å². The van der Waals surface area contributed by atoms with Crippen molar-refractivity contribution in [3.8, 4) is 11.4 Å². The lowest BCUT2D eigenvalue weighted by molar-refractivity contribution is -0.113. The molecule has 1 amide bonds. The van der Waals surface area contributed by atoms with Crippen molar-refractivity contribution in [3.05, 3.63) is 90.3 Å². The van der Waals surface area contributed by atoms with Crippen molar-refractivity contribution in [3.63, 3.8) is 0 Å². The summed E-state index contributed by atoms with van der Waals surface area (Å²) in [4.78, 5) is 12.4. The van der Waals surface area contributed by atoms with Crippen molar-refractivity contribution in [1.29, 1.82) is 0 Å². The van der Waals surface area contributed by atoms with Crippen LogP contribution in [0.2, 0.25) is 0 Å². The van der Waals surface area contributed by atoms with Crippen LogP contribution in [-0.2, 0) is 11.4 Å². The second kappa shape index (κ2) is 10.0. The minimum Gasteiger partial charge on any atom is -0.486 e. The molecule has 0 unspecified atom stereocenters. The average Bonchev–Trinajstić information content (AvgIpc) is 3.21. The number of benzene rings is 3. The number of amides is 1. The number of nitrogens with zero attached hydrogens (tertiary/aromatic N) is 3. The van der Waals surface area contributed by atoms with Gasteiger partial charge in [0.1, 0.15) is 12.4 Å². The summed E-state index contributed by atoms with van der Waals surface area (Å²) in [5.41, 5.74) is 9.06. The first-order chi connectivity index (χ1) is 15.6. The minimum atomic E-state index is -0.139. The Hall–Kier alpha value is -3.78. The summed E-state index contributed by atoms with van der Waals surface area (Å²) in [6, 6.07) is 24.7. The molecule has 0 bridgehead atoms. The van der Waals surface area contributed by atoms with Crippen LogP contribution in [0, 0.1) is 6.92 Å². The zero-order valence-corrected chi connectivity index (χ0v) is 18.4. The highest BCUT2D eigenvalue weighted by atomic mass is 32.2. The van der Waals surface area contributed by atoms with Gasteiger partial charge in [0.15, 0.2) is 11.0 Å². The van der Waals surface area contributed by atoms with Crippen molar-refractivity contribution in [1.82, 2.24) is 14.8 Å². The summed E-state index contributed by atoms with van der Waals surface area (Å²) in [5, 5.41) is 12.1. The number of aryl methyl sites for hydroxylation is 1. The van der Waals surface area contributed by atoms with Crippen LogP contribution >= 0.6 is 11.8 Å². The molecular formula is C24H23N5O2S. The normalized spacial score (nSPS) is 10.7. The van der Waals surface area contributed by atoms with Gasteiger partial charge in [-0.2, -0.15) is 0 Å². The largest absolute Gasteiger partial charge is 0.486 e. The highest BCUT2D eigenvalue weighted by Gasteiger charge is 2.16. The lowest BCUT2D eigenvalue weighted by atomic mass is 10.2. The van der Waals surface area contributed by atoms with Gasteiger partial charge in [-0.15, -0.1) is 10.2 Å². The number of nitrogens with two attached hydrogens (primary N) is 1. The van der Waals surface area contributed by atoms with Crippen LogP contribution in [0.25, 0.3) is 5.69 Å². The Morgan fingerprint density at radius 2 is 1.81 bits per heavy atom. The van der Waals surface area contributed by atoms with Crippen molar-refractivity contribution in [2.45, 2.75) is 18.7 Å². The Morgan fingerprint density at radius 3 is 2.56 bits per heavy atom. The number of thioether (sulfide) groups is 1. The van der Waals surface area contributed by atoms with Crippen LogP contribution in [0.5, 0.6) is 5.75 Å². The number of hydrogen-bond donors (Lipinski definition) is 2. The van der Waals surface area contributed by atoms with Crippen LogP contribution in [0.4, 0.5) is 11.4 Å². The summed E-state index contributed by atoms with van der Waals surface area (Å²) >= 11 is 1.31. The lowest BCUT2D eigenvalue weighted by Crippen LogP contribution is -2.14. The molecule has 162 valence electrons. The Labute approximate surface area is 190 Å². The zero-order valence-electron chi connectivity index (χ0n) is 17.6. The Kier molecular flexibility index (Phi) is 6.72. The van der Waals surface area contributed by atoms with E-state index in [9.17, 15) is 4.79 Å². The number of nitrogen functional groups attached to an aromatic ring is 1. The molecule has 7 nitrogen and oxygen atoms in total. The number of ether oxygens (including phenoxy) is 1. The Bertz CT molecular complexity index is 1190. The predicted molar refractivity (Wildman–Crippen MR) is 127 cm³/mol. The number of carbonyl (C=O) groups excluding carboxylic acids is 1. The number of nitrogens with one attached hydrogen (secondary N) is 1. The molecule has 8 heteroatoms. The molecule has 0 saturated heterocycles. The second-order valence-electron chi connectivity index (χ2n) is 7.13. The van der Waals surface area contributed by atoms with Gasteiger partial charge in [-0.25, -0.2) is 0 Å². The maximum absolute atomic E-state index is 12.4. The van der Waals surface area contributed by atoms with E-state index < -0.39 is 0 Å². The van der Waals surface area contributed by atoms with Gasteiger partial charge in [-0.05, 0) is 61.0 Å². The summed E-state index contributed by atoms with van der Waals surface area (Å²) in [5.74, 6) is 1.47. The predicted octanol–water partition coefficient (Wildman–Crippen LogP) is 4.47. The number of para-hydroxylation sites is 1. The fourth-order valence-electron chi connectivity index (χ4n) is 3.07. The third-order valence-corrected chi connectivity index (χ3v) is 5.53. The molecule has 0 aliphatic carbocycles. The topological polar surface area (TPSA) is 95.1 Å². The van der Waals surface area contributed by atoms with Gasteiger partial charge in [0.25, 0.3) is 0 Å². The van der Waals surface area contributed by atoms with Gasteiger partial charge in [0.05, 0.1) is 5.75 Å². The molecule has 0 saturated carbocycles. The molecule has 1 aromatic heterocycles. The van der Waals surface area contributed by atoms with Crippen LogP contribution in [0.1, 0.15) is 11.4 Å². The van der Waals surface area contributed by atoms with Crippen LogP contribution in [0.15, 0.2) is 84.0 Å². The van der Waals surface area contributed by atoms with Gasteiger partial charge in [-0.1, -0.05) is 42.1 Å². The minimum absolute atomic E-state index is 0.139. The third-order valence-electron chi connectivity index (χ3n) is 4.60. The first-order valence-electron chi connectivity index (χ1n) is 10.1. The maximum atomic E-state index is 12.4. The van der Waals surface area contributed by atoms with E-state index in [0.29, 0.717) is 22.4 Å². The summed E-state index contributed by atoms with van der Waals surface area (Å²) < 4.78 is 7.85. The zero-order chi connectivity index (χ0) is 22.3. The molecule has 0 aliphatic rings. The first kappa shape index (κ1) is 21.5. The van der Waals surface area contributed by atoms with Crippen molar-refractivity contribution >= 4 is 29.0 Å². The van der Waals surface area contributed by atoms with Crippen LogP contribution in [-0.4, -0.2) is 26.4 Å². The molecule has 0 atom stereocenters. The van der Waals surface area contributed by atoms with Gasteiger partial charge in [0, 0.05) is 17.1 Å². The SMILES string of the molecule is Cc1cccc(OCc2nnc(SCC(=O)Nc3ccc(N)cc3)n2-c2ccccc2)c1. The highest BCUT2D eigenvalue weighted by Crippen LogP contribution is 2.24. The fraction of sp³-hybridized carbons (Fsp3) is 0.125.